The minimum atomic E-state index is 0.0166. The van der Waals surface area contributed by atoms with Gasteiger partial charge in [-0.15, -0.1) is 0 Å². The number of carbonyl (C=O) groups is 2. The number of benzene rings is 1. The molecule has 0 unspecified atom stereocenters. The van der Waals surface area contributed by atoms with Gasteiger partial charge >= 0.3 is 6.03 Å². The molecule has 1 N–H and O–H groups in total. The summed E-state index contributed by atoms with van der Waals surface area (Å²) in [5.41, 5.74) is 1.88. The third-order valence-corrected chi connectivity index (χ3v) is 6.00. The SMILES string of the molecule is Cc1ccc(C(=O)N2CCC(NC(=O)N3CCC[C@H]3Cn3cccn3)CC2)cc1. The molecule has 1 aromatic heterocycles. The first-order valence-electron chi connectivity index (χ1n) is 10.5. The summed E-state index contributed by atoms with van der Waals surface area (Å²) in [6, 6.07) is 9.95. The highest BCUT2D eigenvalue weighted by Crippen LogP contribution is 2.20. The van der Waals surface area contributed by atoms with E-state index in [9.17, 15) is 9.59 Å². The van der Waals surface area contributed by atoms with Crippen LogP contribution >= 0.6 is 0 Å². The van der Waals surface area contributed by atoms with Crippen LogP contribution in [-0.4, -0.2) is 63.2 Å². The molecule has 7 nitrogen and oxygen atoms in total. The van der Waals surface area contributed by atoms with Gasteiger partial charge in [-0.1, -0.05) is 17.7 Å². The Labute approximate surface area is 171 Å². The lowest BCUT2D eigenvalue weighted by molar-refractivity contribution is 0.0706. The van der Waals surface area contributed by atoms with E-state index in [-0.39, 0.29) is 24.0 Å². The normalized spacial score (nSPS) is 20.1. The number of aryl methyl sites for hydroxylation is 1. The number of aromatic nitrogens is 2. The molecule has 0 bridgehead atoms. The number of urea groups is 1. The van der Waals surface area contributed by atoms with Crippen LogP contribution in [0.2, 0.25) is 0 Å². The van der Waals surface area contributed by atoms with Gasteiger partial charge in [-0.2, -0.15) is 5.10 Å². The van der Waals surface area contributed by atoms with Crippen LogP contribution in [0.15, 0.2) is 42.7 Å². The lowest BCUT2D eigenvalue weighted by atomic mass is 10.0. The van der Waals surface area contributed by atoms with E-state index in [0.717, 1.165) is 49.9 Å². The molecule has 0 saturated carbocycles. The molecule has 3 amide bonds. The summed E-state index contributed by atoms with van der Waals surface area (Å²) in [5.74, 6) is 0.0774. The standard InChI is InChI=1S/C22H29N5O2/c1-17-5-7-18(8-6-17)21(28)25-14-9-19(10-15-25)24-22(29)27-13-2-4-20(27)16-26-12-3-11-23-26/h3,5-8,11-12,19-20H,2,4,9-10,13-16H2,1H3,(H,24,29)/t20-/m0/s1. The molecule has 0 spiro atoms. The van der Waals surface area contributed by atoms with Gasteiger partial charge in [0.1, 0.15) is 0 Å². The topological polar surface area (TPSA) is 70.5 Å². The largest absolute Gasteiger partial charge is 0.338 e. The zero-order valence-electron chi connectivity index (χ0n) is 17.0. The lowest BCUT2D eigenvalue weighted by Crippen LogP contribution is -2.51. The first kappa shape index (κ1) is 19.5. The van der Waals surface area contributed by atoms with Crippen molar-refractivity contribution >= 4 is 11.9 Å². The van der Waals surface area contributed by atoms with Gasteiger partial charge in [-0.25, -0.2) is 4.79 Å². The number of piperidine rings is 1. The van der Waals surface area contributed by atoms with Crippen LogP contribution in [0, 0.1) is 6.92 Å². The Balaban J connectivity index is 1.27. The molecule has 154 valence electrons. The van der Waals surface area contributed by atoms with Gasteiger partial charge in [-0.3, -0.25) is 9.48 Å². The van der Waals surface area contributed by atoms with Crippen LogP contribution in [0.1, 0.15) is 41.6 Å². The van der Waals surface area contributed by atoms with E-state index in [1.54, 1.807) is 6.20 Å². The number of amides is 3. The van der Waals surface area contributed by atoms with Crippen molar-refractivity contribution in [3.05, 3.63) is 53.9 Å². The smallest absolute Gasteiger partial charge is 0.317 e. The number of nitrogens with one attached hydrogen (secondary N) is 1. The minimum Gasteiger partial charge on any atom is -0.338 e. The Morgan fingerprint density at radius 2 is 1.86 bits per heavy atom. The maximum Gasteiger partial charge on any atom is 0.317 e. The first-order chi connectivity index (χ1) is 14.1. The highest BCUT2D eigenvalue weighted by Gasteiger charge is 2.31. The molecule has 3 heterocycles. The Morgan fingerprint density at radius 3 is 2.55 bits per heavy atom. The fourth-order valence-corrected chi connectivity index (χ4v) is 4.28. The molecular weight excluding hydrogens is 366 g/mol. The second kappa shape index (κ2) is 8.68. The number of likely N-dealkylation sites (tertiary alicyclic amines) is 2. The summed E-state index contributed by atoms with van der Waals surface area (Å²) in [7, 11) is 0. The van der Waals surface area contributed by atoms with E-state index in [1.807, 2.05) is 57.9 Å². The van der Waals surface area contributed by atoms with Crippen LogP contribution < -0.4 is 5.32 Å². The quantitative estimate of drug-likeness (QED) is 0.865. The average molecular weight is 396 g/mol. The summed E-state index contributed by atoms with van der Waals surface area (Å²) in [4.78, 5) is 29.3. The fraction of sp³-hybridized carbons (Fsp3) is 0.500. The number of rotatable bonds is 4. The van der Waals surface area contributed by atoms with Gasteiger partial charge in [0.15, 0.2) is 0 Å². The number of hydrogen-bond donors (Lipinski definition) is 1. The maximum atomic E-state index is 12.8. The lowest BCUT2D eigenvalue weighted by Gasteiger charge is -2.34. The molecule has 1 atom stereocenters. The Morgan fingerprint density at radius 1 is 1.10 bits per heavy atom. The molecule has 2 aromatic rings. The second-order valence-electron chi connectivity index (χ2n) is 8.10. The van der Waals surface area contributed by atoms with E-state index in [4.69, 9.17) is 0 Å². The van der Waals surface area contributed by atoms with Crippen LogP contribution in [-0.2, 0) is 6.54 Å². The third-order valence-electron chi connectivity index (χ3n) is 6.00. The summed E-state index contributed by atoms with van der Waals surface area (Å²) in [5, 5.41) is 7.46. The molecule has 1 aromatic carbocycles. The Bertz CT molecular complexity index is 825. The van der Waals surface area contributed by atoms with Crippen LogP contribution in [0.5, 0.6) is 0 Å². The van der Waals surface area contributed by atoms with Crippen molar-refractivity contribution in [2.45, 2.75) is 51.2 Å². The van der Waals surface area contributed by atoms with Crippen molar-refractivity contribution in [1.29, 1.82) is 0 Å². The monoisotopic (exact) mass is 395 g/mol. The summed E-state index contributed by atoms with van der Waals surface area (Å²) in [6.45, 7) is 4.90. The highest BCUT2D eigenvalue weighted by atomic mass is 16.2. The number of carbonyl (C=O) groups excluding carboxylic acids is 2. The van der Waals surface area contributed by atoms with E-state index in [1.165, 1.54) is 0 Å². The Kier molecular flexibility index (Phi) is 5.83. The molecule has 0 aliphatic carbocycles. The van der Waals surface area contributed by atoms with Crippen molar-refractivity contribution in [3.8, 4) is 0 Å². The molecule has 2 saturated heterocycles. The van der Waals surface area contributed by atoms with E-state index < -0.39 is 0 Å². The van der Waals surface area contributed by atoms with Gasteiger partial charge in [0, 0.05) is 43.6 Å². The van der Waals surface area contributed by atoms with Crippen LogP contribution in [0.3, 0.4) is 0 Å². The molecular formula is C22H29N5O2. The predicted molar refractivity (Wildman–Crippen MR) is 111 cm³/mol. The Hall–Kier alpha value is -2.83. The van der Waals surface area contributed by atoms with Gasteiger partial charge in [-0.05, 0) is 50.8 Å². The second-order valence-corrected chi connectivity index (χ2v) is 8.10. The third kappa shape index (κ3) is 4.60. The molecule has 7 heteroatoms. The van der Waals surface area contributed by atoms with Gasteiger partial charge < -0.3 is 15.1 Å². The van der Waals surface area contributed by atoms with Crippen molar-refractivity contribution in [2.24, 2.45) is 0 Å². The fourth-order valence-electron chi connectivity index (χ4n) is 4.28. The van der Waals surface area contributed by atoms with Crippen molar-refractivity contribution < 1.29 is 9.59 Å². The highest BCUT2D eigenvalue weighted by molar-refractivity contribution is 5.94. The van der Waals surface area contributed by atoms with Crippen LogP contribution in [0.4, 0.5) is 4.79 Å². The number of nitrogens with zero attached hydrogens (tertiary/aromatic N) is 4. The molecule has 2 aliphatic heterocycles. The van der Waals surface area contributed by atoms with Crippen molar-refractivity contribution in [3.63, 3.8) is 0 Å². The zero-order chi connectivity index (χ0) is 20.2. The maximum absolute atomic E-state index is 12.8. The van der Waals surface area contributed by atoms with Gasteiger partial charge in [0.25, 0.3) is 5.91 Å². The van der Waals surface area contributed by atoms with E-state index in [0.29, 0.717) is 13.1 Å². The summed E-state index contributed by atoms with van der Waals surface area (Å²) >= 11 is 0. The van der Waals surface area contributed by atoms with E-state index in [2.05, 4.69) is 10.4 Å². The van der Waals surface area contributed by atoms with E-state index >= 15 is 0 Å². The number of hydrogen-bond acceptors (Lipinski definition) is 3. The minimum absolute atomic E-state index is 0.0166. The molecule has 0 radical (unpaired) electrons. The first-order valence-corrected chi connectivity index (χ1v) is 10.5. The molecule has 2 aliphatic rings. The van der Waals surface area contributed by atoms with Crippen LogP contribution in [0.25, 0.3) is 0 Å². The average Bonchev–Trinajstić information content (AvgIpc) is 3.41. The molecule has 2 fully saturated rings. The molecule has 29 heavy (non-hydrogen) atoms. The molecule has 4 rings (SSSR count). The zero-order valence-corrected chi connectivity index (χ0v) is 17.0. The predicted octanol–water partition coefficient (Wildman–Crippen LogP) is 2.67. The summed E-state index contributed by atoms with van der Waals surface area (Å²) in [6.07, 6.45) is 7.34. The van der Waals surface area contributed by atoms with Gasteiger partial charge in [0.2, 0.25) is 0 Å². The van der Waals surface area contributed by atoms with Crippen molar-refractivity contribution in [1.82, 2.24) is 24.9 Å². The summed E-state index contributed by atoms with van der Waals surface area (Å²) < 4.78 is 1.89. The van der Waals surface area contributed by atoms with Crippen molar-refractivity contribution in [2.75, 3.05) is 19.6 Å². The van der Waals surface area contributed by atoms with Gasteiger partial charge in [0.05, 0.1) is 12.6 Å².